The predicted octanol–water partition coefficient (Wildman–Crippen LogP) is 4.18. The van der Waals surface area contributed by atoms with Crippen molar-refractivity contribution in [1.82, 2.24) is 4.98 Å². The van der Waals surface area contributed by atoms with Crippen molar-refractivity contribution in [3.8, 4) is 0 Å². The van der Waals surface area contributed by atoms with Gasteiger partial charge in [0.25, 0.3) is 5.91 Å². The second-order valence-corrected chi connectivity index (χ2v) is 5.17. The van der Waals surface area contributed by atoms with E-state index in [2.05, 4.69) is 10.3 Å². The lowest BCUT2D eigenvalue weighted by Crippen LogP contribution is -2.12. The number of aromatic amines is 1. The van der Waals surface area contributed by atoms with Gasteiger partial charge in [-0.15, -0.1) is 0 Å². The second kappa shape index (κ2) is 5.05. The summed E-state index contributed by atoms with van der Waals surface area (Å²) in [6.45, 7) is 3.65. The van der Waals surface area contributed by atoms with Gasteiger partial charge >= 0.3 is 0 Å². The zero-order chi connectivity index (χ0) is 15.0. The van der Waals surface area contributed by atoms with Crippen LogP contribution in [0, 0.1) is 19.7 Å². The van der Waals surface area contributed by atoms with Gasteiger partial charge in [-0.1, -0.05) is 6.07 Å². The van der Waals surface area contributed by atoms with Crippen LogP contribution in [0.3, 0.4) is 0 Å². The number of benzene rings is 2. The normalized spacial score (nSPS) is 10.8. The van der Waals surface area contributed by atoms with Crippen molar-refractivity contribution >= 4 is 22.5 Å². The van der Waals surface area contributed by atoms with Gasteiger partial charge in [-0.05, 0) is 55.8 Å². The van der Waals surface area contributed by atoms with Crippen molar-refractivity contribution in [3.63, 3.8) is 0 Å². The Hall–Kier alpha value is -2.62. The maximum atomic E-state index is 13.5. The first-order chi connectivity index (χ1) is 10.0. The van der Waals surface area contributed by atoms with Crippen LogP contribution >= 0.6 is 0 Å². The number of fused-ring (bicyclic) bond motifs is 1. The monoisotopic (exact) mass is 282 g/mol. The number of hydrogen-bond acceptors (Lipinski definition) is 1. The lowest BCUT2D eigenvalue weighted by Gasteiger charge is -2.06. The molecular formula is C17H15FN2O. The number of rotatable bonds is 2. The van der Waals surface area contributed by atoms with Crippen molar-refractivity contribution in [3.05, 3.63) is 65.1 Å². The maximum Gasteiger partial charge on any atom is 0.255 e. The number of carbonyl (C=O) groups is 1. The molecule has 0 saturated heterocycles. The Bertz CT molecular complexity index is 836. The molecule has 0 fully saturated rings. The minimum atomic E-state index is -0.376. The highest BCUT2D eigenvalue weighted by Crippen LogP contribution is 2.20. The van der Waals surface area contributed by atoms with E-state index in [0.717, 1.165) is 16.6 Å². The van der Waals surface area contributed by atoms with Crippen molar-refractivity contribution in [2.45, 2.75) is 13.8 Å². The fraction of sp³-hybridized carbons (Fsp3) is 0.118. The van der Waals surface area contributed by atoms with E-state index in [4.69, 9.17) is 0 Å². The molecule has 3 rings (SSSR count). The molecule has 3 nitrogen and oxygen atoms in total. The van der Waals surface area contributed by atoms with Crippen LogP contribution in [0.15, 0.2) is 42.5 Å². The molecule has 0 atom stereocenters. The fourth-order valence-corrected chi connectivity index (χ4v) is 2.29. The maximum absolute atomic E-state index is 13.5. The molecular weight excluding hydrogens is 267 g/mol. The Balaban J connectivity index is 1.86. The molecule has 1 heterocycles. The second-order valence-electron chi connectivity index (χ2n) is 5.17. The van der Waals surface area contributed by atoms with Crippen molar-refractivity contribution in [2.75, 3.05) is 5.32 Å². The third kappa shape index (κ3) is 2.65. The van der Waals surface area contributed by atoms with Crippen LogP contribution < -0.4 is 5.32 Å². The Morgan fingerprint density at radius 1 is 1.10 bits per heavy atom. The van der Waals surface area contributed by atoms with Crippen LogP contribution in [0.5, 0.6) is 0 Å². The predicted molar refractivity (Wildman–Crippen MR) is 82.1 cm³/mol. The molecule has 0 saturated carbocycles. The molecule has 0 unspecified atom stereocenters. The summed E-state index contributed by atoms with van der Waals surface area (Å²) < 4.78 is 13.5. The lowest BCUT2D eigenvalue weighted by atomic mass is 10.1. The zero-order valence-electron chi connectivity index (χ0n) is 11.8. The number of hydrogen-bond donors (Lipinski definition) is 2. The van der Waals surface area contributed by atoms with Gasteiger partial charge in [0, 0.05) is 27.8 Å². The average molecular weight is 282 g/mol. The van der Waals surface area contributed by atoms with Gasteiger partial charge < -0.3 is 10.3 Å². The Labute approximate surface area is 121 Å². The number of halogens is 1. The van der Waals surface area contributed by atoms with Crippen LogP contribution in [0.1, 0.15) is 21.6 Å². The van der Waals surface area contributed by atoms with Gasteiger partial charge in [-0.3, -0.25) is 4.79 Å². The molecule has 4 heteroatoms. The molecule has 0 aliphatic rings. The fourth-order valence-electron chi connectivity index (χ4n) is 2.29. The first-order valence-corrected chi connectivity index (χ1v) is 6.70. The van der Waals surface area contributed by atoms with Crippen LogP contribution in [0.2, 0.25) is 0 Å². The van der Waals surface area contributed by atoms with Crippen LogP contribution in [0.4, 0.5) is 10.1 Å². The molecule has 2 N–H and O–H groups in total. The molecule has 106 valence electrons. The first-order valence-electron chi connectivity index (χ1n) is 6.70. The topological polar surface area (TPSA) is 44.9 Å². The van der Waals surface area contributed by atoms with Gasteiger partial charge in [-0.2, -0.15) is 0 Å². The number of carbonyl (C=O) groups excluding carboxylic acids is 1. The number of aromatic nitrogens is 1. The lowest BCUT2D eigenvalue weighted by molar-refractivity contribution is 0.102. The van der Waals surface area contributed by atoms with Crippen LogP contribution in [-0.4, -0.2) is 10.9 Å². The summed E-state index contributed by atoms with van der Waals surface area (Å²) in [5.41, 5.74) is 3.60. The summed E-state index contributed by atoms with van der Waals surface area (Å²) >= 11 is 0. The zero-order valence-corrected chi connectivity index (χ0v) is 11.8. The highest BCUT2D eigenvalue weighted by atomic mass is 19.1. The number of nitrogens with one attached hydrogen (secondary N) is 2. The molecule has 0 aliphatic carbocycles. The molecule has 0 spiro atoms. The molecule has 0 aliphatic heterocycles. The highest BCUT2D eigenvalue weighted by Gasteiger charge is 2.09. The summed E-state index contributed by atoms with van der Waals surface area (Å²) in [4.78, 5) is 15.4. The summed E-state index contributed by atoms with van der Waals surface area (Å²) in [5.74, 6) is -0.695. The van der Waals surface area contributed by atoms with Gasteiger partial charge in [0.05, 0.1) is 0 Å². The van der Waals surface area contributed by atoms with Gasteiger partial charge in [-0.25, -0.2) is 4.39 Å². The first kappa shape index (κ1) is 13.4. The third-order valence-electron chi connectivity index (χ3n) is 3.45. The van der Waals surface area contributed by atoms with Crippen molar-refractivity contribution in [1.29, 1.82) is 0 Å². The van der Waals surface area contributed by atoms with Crippen molar-refractivity contribution in [2.24, 2.45) is 0 Å². The van der Waals surface area contributed by atoms with Crippen molar-refractivity contribution < 1.29 is 9.18 Å². The summed E-state index contributed by atoms with van der Waals surface area (Å²) in [6, 6.07) is 12.1. The van der Waals surface area contributed by atoms with Crippen LogP contribution in [-0.2, 0) is 0 Å². The number of anilines is 1. The summed E-state index contributed by atoms with van der Waals surface area (Å²) in [5, 5.41) is 3.81. The average Bonchev–Trinajstić information content (AvgIpc) is 2.81. The standard InChI is InChI=1S/C17H15FN2O/c1-10-3-4-12(9-15(10)18)17(21)20-14-5-6-16-13(8-14)7-11(2)19-16/h3-9,19H,1-2H3,(H,20,21). The van der Waals surface area contributed by atoms with Gasteiger partial charge in [0.2, 0.25) is 0 Å². The van der Waals surface area contributed by atoms with E-state index in [1.807, 2.05) is 31.2 Å². The highest BCUT2D eigenvalue weighted by molar-refractivity contribution is 6.05. The molecule has 2 aromatic carbocycles. The molecule has 0 radical (unpaired) electrons. The van der Waals surface area contributed by atoms with E-state index in [1.165, 1.54) is 6.07 Å². The largest absolute Gasteiger partial charge is 0.359 e. The third-order valence-corrected chi connectivity index (χ3v) is 3.45. The Kier molecular flexibility index (Phi) is 3.22. The van der Waals surface area contributed by atoms with Gasteiger partial charge in [0.1, 0.15) is 5.82 Å². The van der Waals surface area contributed by atoms with E-state index in [9.17, 15) is 9.18 Å². The Morgan fingerprint density at radius 2 is 1.90 bits per heavy atom. The SMILES string of the molecule is Cc1cc2cc(NC(=O)c3ccc(C)c(F)c3)ccc2[nH]1. The van der Waals surface area contributed by atoms with E-state index in [1.54, 1.807) is 19.1 Å². The number of amides is 1. The molecule has 3 aromatic rings. The van der Waals surface area contributed by atoms with E-state index >= 15 is 0 Å². The number of aryl methyl sites for hydroxylation is 2. The van der Waals surface area contributed by atoms with E-state index in [0.29, 0.717) is 16.8 Å². The minimum Gasteiger partial charge on any atom is -0.359 e. The smallest absolute Gasteiger partial charge is 0.255 e. The van der Waals surface area contributed by atoms with Crippen LogP contribution in [0.25, 0.3) is 10.9 Å². The quantitative estimate of drug-likeness (QED) is 0.727. The van der Waals surface area contributed by atoms with E-state index in [-0.39, 0.29) is 11.7 Å². The summed E-state index contributed by atoms with van der Waals surface area (Å²) in [7, 11) is 0. The molecule has 21 heavy (non-hydrogen) atoms. The van der Waals surface area contributed by atoms with E-state index < -0.39 is 0 Å². The number of H-pyrrole nitrogens is 1. The molecule has 1 aromatic heterocycles. The summed E-state index contributed by atoms with van der Waals surface area (Å²) in [6.07, 6.45) is 0. The molecule has 1 amide bonds. The Morgan fingerprint density at radius 3 is 2.67 bits per heavy atom. The van der Waals surface area contributed by atoms with Gasteiger partial charge in [0.15, 0.2) is 0 Å². The minimum absolute atomic E-state index is 0.309. The molecule has 0 bridgehead atoms.